The van der Waals surface area contributed by atoms with Crippen LogP contribution in [0, 0.1) is 0 Å². The van der Waals surface area contributed by atoms with Crippen molar-refractivity contribution in [3.8, 4) is 0 Å². The van der Waals surface area contributed by atoms with E-state index < -0.39 is 20.4 Å². The maximum atomic E-state index is 9.40. The van der Waals surface area contributed by atoms with Crippen LogP contribution in [-0.4, -0.2) is 26.1 Å². The van der Waals surface area contributed by atoms with Gasteiger partial charge in [0.05, 0.1) is 6.26 Å². The Morgan fingerprint density at radius 2 is 1.22 bits per heavy atom. The van der Waals surface area contributed by atoms with Crippen LogP contribution in [-0.2, 0) is 9.05 Å². The van der Waals surface area contributed by atoms with E-state index in [9.17, 15) is 8.42 Å². The predicted octanol–water partition coefficient (Wildman–Crippen LogP) is 1.87. The lowest BCUT2D eigenvalue weighted by Gasteiger charge is -1.65. The molecule has 0 bridgehead atoms. The zero-order valence-electron chi connectivity index (χ0n) is 4.31. The van der Waals surface area contributed by atoms with E-state index in [4.69, 9.17) is 30.1 Å². The molecule has 0 fully saturated rings. The highest BCUT2D eigenvalue weighted by Gasteiger charge is 2.00. The second-order valence-corrected chi connectivity index (χ2v) is 10.4. The first-order chi connectivity index (χ1) is 3.73. The van der Waals surface area contributed by atoms with E-state index in [1.54, 1.807) is 0 Å². The first-order valence-electron chi connectivity index (χ1n) is 1.55. The minimum atomic E-state index is -3.19. The fraction of sp³-hybridized carbons (Fsp3) is 1.00. The molecule has 0 radical (unpaired) electrons. The molecule has 0 spiro atoms. The first kappa shape index (κ1) is 13.2. The van der Waals surface area contributed by atoms with E-state index in [1.807, 2.05) is 0 Å². The zero-order valence-corrected chi connectivity index (χ0v) is 9.31. The van der Waals surface area contributed by atoms with E-state index in [-0.39, 0.29) is 0 Å². The summed E-state index contributed by atoms with van der Waals surface area (Å²) in [4.78, 5) is 0. The van der Waals surface area contributed by atoms with Gasteiger partial charge in [0.2, 0.25) is 9.05 Å². The molecule has 8 heteroatoms. The molecule has 56 valence electrons. The average molecular weight is 248 g/mol. The summed E-state index contributed by atoms with van der Waals surface area (Å²) in [6.07, 6.45) is 0.925. The van der Waals surface area contributed by atoms with Crippen LogP contribution in [0.1, 0.15) is 0 Å². The van der Waals surface area contributed by atoms with E-state index >= 15 is 0 Å². The fourth-order valence-electron chi connectivity index (χ4n) is 0. The number of halogens is 4. The number of hydrogen-bond acceptors (Lipinski definition) is 2. The van der Waals surface area contributed by atoms with E-state index in [1.165, 1.54) is 0 Å². The van der Waals surface area contributed by atoms with Gasteiger partial charge in [0.1, 0.15) is 0 Å². The van der Waals surface area contributed by atoms with Gasteiger partial charge in [-0.3, -0.25) is 0 Å². The Balaban J connectivity index is 0. The summed E-state index contributed by atoms with van der Waals surface area (Å²) in [7, 11) is 16.1. The molecule has 0 aromatic heterocycles. The summed E-state index contributed by atoms with van der Waals surface area (Å²) in [6, 6.07) is 0. The molecule has 9 heavy (non-hydrogen) atoms. The van der Waals surface area contributed by atoms with Crippen molar-refractivity contribution in [2.75, 3.05) is 6.26 Å². The largest absolute Gasteiger partial charge is 0.643 e. The van der Waals surface area contributed by atoms with Gasteiger partial charge in [-0.2, -0.15) is 0 Å². The molecule has 0 heterocycles. The topological polar surface area (TPSA) is 34.1 Å². The normalized spacial score (nSPS) is 9.44. The molecule has 2 nitrogen and oxygen atoms in total. The molecule has 0 rings (SSSR count). The van der Waals surface area contributed by atoms with Crippen LogP contribution >= 0.6 is 40.8 Å². The van der Waals surface area contributed by atoms with Gasteiger partial charge in [-0.05, 0) is 0 Å². The molecule has 0 aliphatic rings. The number of rotatable bonds is 0. The molecule has 0 aliphatic carbocycles. The number of hydrogen-bond donors (Lipinski definition) is 0. The van der Waals surface area contributed by atoms with Gasteiger partial charge in [0.25, 0.3) is 0 Å². The summed E-state index contributed by atoms with van der Waals surface area (Å²) < 4.78 is 18.8. The Labute approximate surface area is 75.5 Å². The maximum Gasteiger partial charge on any atom is 0.643 e. The molecule has 0 N–H and O–H groups in total. The van der Waals surface area contributed by atoms with Crippen LogP contribution in [0.25, 0.3) is 0 Å². The van der Waals surface area contributed by atoms with Gasteiger partial charge in [-0.1, -0.05) is 0 Å². The van der Waals surface area contributed by atoms with Crippen molar-refractivity contribution < 1.29 is 8.42 Å². The quantitative estimate of drug-likeness (QED) is 0.484. The first-order valence-corrected chi connectivity index (χ1v) is 9.51. The lowest BCUT2D eigenvalue weighted by molar-refractivity contribution is 0.615. The van der Waals surface area contributed by atoms with Crippen LogP contribution in [0.2, 0.25) is 0 Å². The summed E-state index contributed by atoms with van der Waals surface area (Å²) in [5.41, 5.74) is 0. The third kappa shape index (κ3) is 209. The molecular weight excluding hydrogens is 245 g/mol. The average Bonchev–Trinajstić information content (AvgIpc) is 1.19. The molecule has 0 amide bonds. The van der Waals surface area contributed by atoms with E-state index in [0.717, 1.165) is 6.26 Å². The lowest BCUT2D eigenvalue weighted by atomic mass is 12.0. The summed E-state index contributed by atoms with van der Waals surface area (Å²) in [5, 5.41) is 0. The van der Waals surface area contributed by atoms with E-state index in [0.29, 0.717) is 0 Å². The van der Waals surface area contributed by atoms with Gasteiger partial charge in [-0.15, -0.1) is 0 Å². The van der Waals surface area contributed by atoms with Gasteiger partial charge >= 0.3 is 11.4 Å². The minimum Gasteiger partial charge on any atom is -0.214 e. The Hall–Kier alpha value is 1.64. The third-order valence-electron chi connectivity index (χ3n) is 0. The van der Waals surface area contributed by atoms with Crippen LogP contribution in [0.4, 0.5) is 0 Å². The highest BCUT2D eigenvalue weighted by atomic mass is 35.8. The summed E-state index contributed by atoms with van der Waals surface area (Å²) >= 11 is -1.72. The highest BCUT2D eigenvalue weighted by molar-refractivity contribution is 8.13. The van der Waals surface area contributed by atoms with Crippen LogP contribution in [0.3, 0.4) is 0 Å². The van der Waals surface area contributed by atoms with Crippen LogP contribution in [0.15, 0.2) is 0 Å². The Morgan fingerprint density at radius 1 is 1.22 bits per heavy atom. The molecule has 0 unspecified atom stereocenters. The van der Waals surface area contributed by atoms with Crippen molar-refractivity contribution in [3.63, 3.8) is 0 Å². The van der Waals surface area contributed by atoms with Gasteiger partial charge in [0.15, 0.2) is 0 Å². The SMILES string of the molecule is CS(=O)(=O)Cl.[Cl][Al]([Cl])[Cl]. The predicted molar refractivity (Wildman–Crippen MR) is 44.0 cm³/mol. The Bertz CT molecular complexity index is 130. The van der Waals surface area contributed by atoms with Crippen molar-refractivity contribution in [2.24, 2.45) is 0 Å². The van der Waals surface area contributed by atoms with Gasteiger partial charge in [-0.25, -0.2) is 38.6 Å². The molecule has 0 saturated heterocycles. The summed E-state index contributed by atoms with van der Waals surface area (Å²) in [5.74, 6) is 0. The molecule has 0 aromatic rings. The Kier molecular flexibility index (Phi) is 9.36. The lowest BCUT2D eigenvalue weighted by Crippen LogP contribution is -1.76. The van der Waals surface area contributed by atoms with Crippen LogP contribution < -0.4 is 0 Å². The Morgan fingerprint density at radius 3 is 1.22 bits per heavy atom. The fourth-order valence-corrected chi connectivity index (χ4v) is 0. The minimum absolute atomic E-state index is 0.925. The monoisotopic (exact) mass is 246 g/mol. The smallest absolute Gasteiger partial charge is 0.214 e. The second-order valence-electron chi connectivity index (χ2n) is 0.929. The van der Waals surface area contributed by atoms with Crippen molar-refractivity contribution in [3.05, 3.63) is 0 Å². The van der Waals surface area contributed by atoms with Crippen molar-refractivity contribution in [1.29, 1.82) is 0 Å². The molecule has 0 aliphatic heterocycles. The van der Waals surface area contributed by atoms with Crippen LogP contribution in [0.5, 0.6) is 0 Å². The van der Waals surface area contributed by atoms with Gasteiger partial charge in [0, 0.05) is 10.7 Å². The maximum absolute atomic E-state index is 9.40. The van der Waals surface area contributed by atoms with Gasteiger partial charge < -0.3 is 0 Å². The third-order valence-corrected chi connectivity index (χ3v) is 0. The van der Waals surface area contributed by atoms with Crippen molar-refractivity contribution in [1.82, 2.24) is 0 Å². The second kappa shape index (κ2) is 6.36. The summed E-state index contributed by atoms with van der Waals surface area (Å²) in [6.45, 7) is 0. The van der Waals surface area contributed by atoms with Crippen molar-refractivity contribution in [2.45, 2.75) is 0 Å². The molecular formula is CH3AlCl4O2S. The molecule has 0 saturated carbocycles. The van der Waals surface area contributed by atoms with Crippen molar-refractivity contribution >= 4 is 61.3 Å². The molecule has 0 atom stereocenters. The molecule has 0 aromatic carbocycles. The van der Waals surface area contributed by atoms with E-state index in [2.05, 4.69) is 10.7 Å². The standard InChI is InChI=1S/CH3ClO2S.Al.3ClH/c1-5(2,3)4;;;;/h1H3;;3*1H/q;+3;;;/p-3. The zero-order chi connectivity index (χ0) is 8.08. The highest BCUT2D eigenvalue weighted by Crippen LogP contribution is 1.97.